The molecule has 0 atom stereocenters. The molecule has 0 aliphatic rings. The number of hydrogen-bond donors (Lipinski definition) is 0. The Bertz CT molecular complexity index is 968. The number of rotatable bonds is 5. The van der Waals surface area contributed by atoms with E-state index in [4.69, 9.17) is 4.74 Å². The van der Waals surface area contributed by atoms with Crippen LogP contribution in [0.2, 0.25) is 0 Å². The topological polar surface area (TPSA) is 43.6 Å². The first-order valence-corrected chi connectivity index (χ1v) is 8.90. The summed E-state index contributed by atoms with van der Waals surface area (Å²) >= 11 is 1.52. The van der Waals surface area contributed by atoms with Gasteiger partial charge in [-0.15, -0.1) is 0 Å². The molecule has 1 aromatic heterocycles. The van der Waals surface area contributed by atoms with Crippen molar-refractivity contribution in [1.82, 2.24) is 4.57 Å². The van der Waals surface area contributed by atoms with E-state index in [9.17, 15) is 4.79 Å². The highest BCUT2D eigenvalue weighted by molar-refractivity contribution is 7.16. The fourth-order valence-electron chi connectivity index (χ4n) is 2.65. The van der Waals surface area contributed by atoms with Crippen LogP contribution in [-0.2, 0) is 16.1 Å². The van der Waals surface area contributed by atoms with Crippen LogP contribution in [0.25, 0.3) is 16.3 Å². The Morgan fingerprint density at radius 2 is 2.00 bits per heavy atom. The van der Waals surface area contributed by atoms with E-state index in [1.807, 2.05) is 36.4 Å². The Kier molecular flexibility index (Phi) is 5.58. The van der Waals surface area contributed by atoms with Crippen molar-refractivity contribution in [3.8, 4) is 0 Å². The van der Waals surface area contributed by atoms with Gasteiger partial charge in [-0.3, -0.25) is 4.79 Å². The van der Waals surface area contributed by atoms with Crippen LogP contribution in [0.5, 0.6) is 0 Å². The number of fused-ring (bicyclic) bond motifs is 1. The maximum Gasteiger partial charge on any atom is 0.272 e. The molecule has 0 N–H and O–H groups in total. The quantitative estimate of drug-likeness (QED) is 0.656. The van der Waals surface area contributed by atoms with Crippen molar-refractivity contribution in [3.63, 3.8) is 0 Å². The molecule has 0 aliphatic carbocycles. The third-order valence-corrected chi connectivity index (χ3v) is 4.89. The molecule has 0 saturated carbocycles. The summed E-state index contributed by atoms with van der Waals surface area (Å²) in [5.41, 5.74) is 3.26. The van der Waals surface area contributed by atoms with Gasteiger partial charge in [0, 0.05) is 19.7 Å². The lowest BCUT2D eigenvalue weighted by Crippen LogP contribution is -2.19. The average molecular weight is 352 g/mol. The van der Waals surface area contributed by atoms with Gasteiger partial charge in [0.15, 0.2) is 4.80 Å². The van der Waals surface area contributed by atoms with E-state index in [1.54, 1.807) is 13.2 Å². The molecule has 0 saturated heterocycles. The van der Waals surface area contributed by atoms with E-state index in [2.05, 4.69) is 28.6 Å². The fourth-order valence-corrected chi connectivity index (χ4v) is 3.79. The number of hydrogen-bond acceptors (Lipinski definition) is 3. The molecule has 0 aliphatic heterocycles. The second-order valence-corrected chi connectivity index (χ2v) is 6.65. The zero-order valence-corrected chi connectivity index (χ0v) is 15.1. The Balaban J connectivity index is 1.99. The highest BCUT2D eigenvalue weighted by atomic mass is 32.1. The number of nitrogens with zero attached hydrogens (tertiary/aromatic N) is 2. The minimum atomic E-state index is -0.265. The van der Waals surface area contributed by atoms with E-state index < -0.39 is 0 Å². The van der Waals surface area contributed by atoms with Crippen molar-refractivity contribution in [2.75, 3.05) is 13.7 Å². The third kappa shape index (κ3) is 4.13. The molecule has 5 heteroatoms. The molecule has 1 heterocycles. The molecule has 25 heavy (non-hydrogen) atoms. The highest BCUT2D eigenvalue weighted by Crippen LogP contribution is 2.20. The number of aryl methyl sites for hydroxylation is 1. The van der Waals surface area contributed by atoms with Crippen LogP contribution >= 0.6 is 11.3 Å². The molecule has 0 radical (unpaired) electrons. The summed E-state index contributed by atoms with van der Waals surface area (Å²) in [6, 6.07) is 15.9. The Labute approximate surface area is 150 Å². The molecule has 0 unspecified atom stereocenters. The number of methoxy groups -OCH3 is 1. The van der Waals surface area contributed by atoms with Gasteiger partial charge < -0.3 is 9.30 Å². The lowest BCUT2D eigenvalue weighted by Gasteiger charge is -2.06. The molecule has 1 amide bonds. The van der Waals surface area contributed by atoms with Gasteiger partial charge in [-0.25, -0.2) is 0 Å². The van der Waals surface area contributed by atoms with Crippen molar-refractivity contribution in [2.24, 2.45) is 4.99 Å². The van der Waals surface area contributed by atoms with Gasteiger partial charge in [-0.1, -0.05) is 53.8 Å². The monoisotopic (exact) mass is 352 g/mol. The Morgan fingerprint density at radius 3 is 2.76 bits per heavy atom. The van der Waals surface area contributed by atoms with E-state index >= 15 is 0 Å². The molecule has 3 aromatic rings. The Hall–Kier alpha value is -2.50. The van der Waals surface area contributed by atoms with Crippen LogP contribution in [0, 0.1) is 6.92 Å². The summed E-state index contributed by atoms with van der Waals surface area (Å²) in [6.07, 6.45) is 3.29. The molecule has 0 bridgehead atoms. The van der Waals surface area contributed by atoms with Crippen molar-refractivity contribution in [1.29, 1.82) is 0 Å². The van der Waals surface area contributed by atoms with Gasteiger partial charge in [0.05, 0.1) is 16.8 Å². The van der Waals surface area contributed by atoms with E-state index in [0.717, 1.165) is 15.8 Å². The van der Waals surface area contributed by atoms with Crippen LogP contribution < -0.4 is 4.80 Å². The largest absolute Gasteiger partial charge is 0.383 e. The lowest BCUT2D eigenvalue weighted by molar-refractivity contribution is -0.113. The molecule has 4 nitrogen and oxygen atoms in total. The van der Waals surface area contributed by atoms with Gasteiger partial charge in [0.1, 0.15) is 0 Å². The standard InChI is InChI=1S/C20H20N2O2S/c1-15-7-6-10-17-19(15)22(13-14-24-2)20(25-17)21-18(23)12-11-16-8-4-3-5-9-16/h3-12H,13-14H2,1-2H3/b12-11+,21-20?. The maximum absolute atomic E-state index is 12.3. The highest BCUT2D eigenvalue weighted by Gasteiger charge is 2.09. The molecule has 3 rings (SSSR count). The first kappa shape index (κ1) is 17.3. The summed E-state index contributed by atoms with van der Waals surface area (Å²) in [5, 5.41) is 0. The summed E-state index contributed by atoms with van der Waals surface area (Å²) in [7, 11) is 1.67. The second kappa shape index (κ2) is 8.05. The molecular formula is C20H20N2O2S. The first-order valence-electron chi connectivity index (χ1n) is 8.09. The molecule has 0 fully saturated rings. The van der Waals surface area contributed by atoms with Crippen LogP contribution in [0.1, 0.15) is 11.1 Å². The predicted molar refractivity (Wildman–Crippen MR) is 102 cm³/mol. The van der Waals surface area contributed by atoms with Crippen LogP contribution in [0.15, 0.2) is 59.6 Å². The number of para-hydroxylation sites is 1. The summed E-state index contributed by atoms with van der Waals surface area (Å²) in [5.74, 6) is -0.265. The molecule has 128 valence electrons. The minimum Gasteiger partial charge on any atom is -0.383 e. The van der Waals surface area contributed by atoms with Crippen LogP contribution in [0.4, 0.5) is 0 Å². The predicted octanol–water partition coefficient (Wildman–Crippen LogP) is 3.80. The van der Waals surface area contributed by atoms with Crippen LogP contribution in [0.3, 0.4) is 0 Å². The molecule has 2 aromatic carbocycles. The van der Waals surface area contributed by atoms with Crippen molar-refractivity contribution < 1.29 is 9.53 Å². The zero-order chi connectivity index (χ0) is 17.6. The zero-order valence-electron chi connectivity index (χ0n) is 14.3. The first-order chi connectivity index (χ1) is 12.2. The van der Waals surface area contributed by atoms with Gasteiger partial charge >= 0.3 is 0 Å². The number of carbonyl (C=O) groups excluding carboxylic acids is 1. The number of thiazole rings is 1. The van der Waals surface area contributed by atoms with Gasteiger partial charge in [-0.05, 0) is 30.2 Å². The number of amides is 1. The van der Waals surface area contributed by atoms with Gasteiger partial charge in [0.25, 0.3) is 5.91 Å². The maximum atomic E-state index is 12.3. The van der Waals surface area contributed by atoms with E-state index in [1.165, 1.54) is 23.0 Å². The van der Waals surface area contributed by atoms with Gasteiger partial charge in [-0.2, -0.15) is 4.99 Å². The second-order valence-electron chi connectivity index (χ2n) is 5.64. The normalized spacial score (nSPS) is 12.3. The van der Waals surface area contributed by atoms with Crippen molar-refractivity contribution in [3.05, 3.63) is 70.5 Å². The summed E-state index contributed by atoms with van der Waals surface area (Å²) < 4.78 is 8.40. The van der Waals surface area contributed by atoms with Gasteiger partial charge in [0.2, 0.25) is 0 Å². The SMILES string of the molecule is COCCn1c(=NC(=O)/C=C/c2ccccc2)sc2cccc(C)c21. The Morgan fingerprint density at radius 1 is 1.20 bits per heavy atom. The summed E-state index contributed by atoms with van der Waals surface area (Å²) in [4.78, 5) is 17.3. The molecule has 0 spiro atoms. The number of benzene rings is 2. The average Bonchev–Trinajstić information content (AvgIpc) is 2.97. The smallest absolute Gasteiger partial charge is 0.272 e. The molecular weight excluding hydrogens is 332 g/mol. The van der Waals surface area contributed by atoms with E-state index in [-0.39, 0.29) is 5.91 Å². The number of aromatic nitrogens is 1. The van der Waals surface area contributed by atoms with Crippen molar-refractivity contribution in [2.45, 2.75) is 13.5 Å². The van der Waals surface area contributed by atoms with E-state index in [0.29, 0.717) is 18.0 Å². The lowest BCUT2D eigenvalue weighted by atomic mass is 10.2. The van der Waals surface area contributed by atoms with Crippen molar-refractivity contribution >= 4 is 33.5 Å². The van der Waals surface area contributed by atoms with Crippen LogP contribution in [-0.4, -0.2) is 24.2 Å². The third-order valence-electron chi connectivity index (χ3n) is 3.85. The fraction of sp³-hybridized carbons (Fsp3) is 0.200. The number of carbonyl (C=O) groups is 1. The summed E-state index contributed by atoms with van der Waals surface area (Å²) in [6.45, 7) is 3.30. The minimum absolute atomic E-state index is 0.265. The number of ether oxygens (including phenoxy) is 1.